The zero-order valence-electron chi connectivity index (χ0n) is 12.1. The second-order valence-corrected chi connectivity index (χ2v) is 5.98. The number of nitrogens with zero attached hydrogens (tertiary/aromatic N) is 2. The molecule has 1 unspecified atom stereocenters. The maximum Gasteiger partial charge on any atom is 0.0829 e. The van der Waals surface area contributed by atoms with Gasteiger partial charge in [0.05, 0.1) is 12.7 Å². The van der Waals surface area contributed by atoms with E-state index in [4.69, 9.17) is 10.5 Å². The van der Waals surface area contributed by atoms with Crippen LogP contribution in [0.4, 0.5) is 0 Å². The van der Waals surface area contributed by atoms with E-state index in [9.17, 15) is 0 Å². The lowest BCUT2D eigenvalue weighted by Gasteiger charge is -2.41. The van der Waals surface area contributed by atoms with Crippen molar-refractivity contribution in [3.05, 3.63) is 0 Å². The van der Waals surface area contributed by atoms with Crippen LogP contribution in [0.5, 0.6) is 0 Å². The second-order valence-electron chi connectivity index (χ2n) is 5.98. The van der Waals surface area contributed by atoms with Gasteiger partial charge in [0.25, 0.3) is 0 Å². The van der Waals surface area contributed by atoms with Crippen LogP contribution in [0.25, 0.3) is 0 Å². The van der Waals surface area contributed by atoms with Crippen molar-refractivity contribution in [1.82, 2.24) is 9.80 Å². The van der Waals surface area contributed by atoms with Crippen LogP contribution in [-0.2, 0) is 4.74 Å². The van der Waals surface area contributed by atoms with E-state index in [1.807, 2.05) is 0 Å². The van der Waals surface area contributed by atoms with Crippen molar-refractivity contribution in [3.63, 3.8) is 0 Å². The van der Waals surface area contributed by atoms with Crippen molar-refractivity contribution in [3.8, 4) is 0 Å². The average Bonchev–Trinajstić information content (AvgIpc) is 2.29. The minimum Gasteiger partial charge on any atom is -0.374 e. The fourth-order valence-corrected chi connectivity index (χ4v) is 2.03. The van der Waals surface area contributed by atoms with E-state index in [-0.39, 0.29) is 5.54 Å². The summed E-state index contributed by atoms with van der Waals surface area (Å²) in [5.41, 5.74) is 5.84. The van der Waals surface area contributed by atoms with Gasteiger partial charge in [0, 0.05) is 37.8 Å². The fourth-order valence-electron chi connectivity index (χ4n) is 2.03. The van der Waals surface area contributed by atoms with Crippen LogP contribution < -0.4 is 5.73 Å². The molecule has 1 rings (SSSR count). The SMILES string of the molecule is CC(C)N1CCOC(CN(C)C(C)(C)CN)C1. The monoisotopic (exact) mass is 243 g/mol. The summed E-state index contributed by atoms with van der Waals surface area (Å²) in [5.74, 6) is 0. The molecule has 0 saturated carbocycles. The molecule has 1 aliphatic heterocycles. The summed E-state index contributed by atoms with van der Waals surface area (Å²) in [6, 6.07) is 0.606. The van der Waals surface area contributed by atoms with Crippen LogP contribution in [0.15, 0.2) is 0 Å². The van der Waals surface area contributed by atoms with Gasteiger partial charge in [-0.1, -0.05) is 0 Å². The molecule has 0 aromatic heterocycles. The molecule has 17 heavy (non-hydrogen) atoms. The van der Waals surface area contributed by atoms with Gasteiger partial charge in [-0.3, -0.25) is 9.80 Å². The lowest BCUT2D eigenvalue weighted by Crippen LogP contribution is -2.54. The number of morpholine rings is 1. The van der Waals surface area contributed by atoms with Crippen molar-refractivity contribution >= 4 is 0 Å². The molecule has 4 heteroatoms. The number of likely N-dealkylation sites (N-methyl/N-ethyl adjacent to an activating group) is 1. The van der Waals surface area contributed by atoms with Crippen LogP contribution in [-0.4, -0.2) is 67.3 Å². The van der Waals surface area contributed by atoms with Crippen molar-refractivity contribution in [2.75, 3.05) is 39.8 Å². The summed E-state index contributed by atoms with van der Waals surface area (Å²) in [6.07, 6.45) is 0.307. The van der Waals surface area contributed by atoms with Crippen LogP contribution in [0, 0.1) is 0 Å². The largest absolute Gasteiger partial charge is 0.374 e. The molecule has 0 amide bonds. The van der Waals surface area contributed by atoms with Crippen LogP contribution in [0.1, 0.15) is 27.7 Å². The number of hydrogen-bond donors (Lipinski definition) is 1. The first-order chi connectivity index (χ1) is 7.86. The van der Waals surface area contributed by atoms with E-state index in [1.165, 1.54) is 0 Å². The van der Waals surface area contributed by atoms with Gasteiger partial charge in [-0.05, 0) is 34.7 Å². The summed E-state index contributed by atoms with van der Waals surface area (Å²) in [5, 5.41) is 0. The number of rotatable bonds is 5. The third kappa shape index (κ3) is 4.21. The standard InChI is InChI=1S/C13H29N3O/c1-11(2)16-6-7-17-12(9-16)8-15(5)13(3,4)10-14/h11-12H,6-10,14H2,1-5H3. The molecular formula is C13H29N3O. The Hall–Kier alpha value is -0.160. The topological polar surface area (TPSA) is 41.7 Å². The van der Waals surface area contributed by atoms with Crippen LogP contribution >= 0.6 is 0 Å². The Bertz CT molecular complexity index is 231. The smallest absolute Gasteiger partial charge is 0.0829 e. The van der Waals surface area contributed by atoms with Gasteiger partial charge in [0.15, 0.2) is 0 Å². The zero-order chi connectivity index (χ0) is 13.1. The molecule has 1 aliphatic rings. The summed E-state index contributed by atoms with van der Waals surface area (Å²) < 4.78 is 5.84. The molecule has 1 fully saturated rings. The Morgan fingerprint density at radius 3 is 2.65 bits per heavy atom. The Morgan fingerprint density at radius 1 is 1.47 bits per heavy atom. The molecule has 2 N–H and O–H groups in total. The van der Waals surface area contributed by atoms with Gasteiger partial charge in [0.2, 0.25) is 0 Å². The maximum absolute atomic E-state index is 5.84. The quantitative estimate of drug-likeness (QED) is 0.774. The normalized spacial score (nSPS) is 23.6. The first-order valence-corrected chi connectivity index (χ1v) is 6.64. The summed E-state index contributed by atoms with van der Waals surface area (Å²) in [4.78, 5) is 4.79. The summed E-state index contributed by atoms with van der Waals surface area (Å²) >= 11 is 0. The van der Waals surface area contributed by atoms with Gasteiger partial charge in [-0.2, -0.15) is 0 Å². The van der Waals surface area contributed by atoms with Crippen molar-refractivity contribution in [2.45, 2.75) is 45.4 Å². The first kappa shape index (κ1) is 14.9. The van der Waals surface area contributed by atoms with Crippen molar-refractivity contribution < 1.29 is 4.74 Å². The van der Waals surface area contributed by atoms with Gasteiger partial charge in [-0.15, -0.1) is 0 Å². The molecule has 4 nitrogen and oxygen atoms in total. The Morgan fingerprint density at radius 2 is 2.12 bits per heavy atom. The number of ether oxygens (including phenoxy) is 1. The highest BCUT2D eigenvalue weighted by Crippen LogP contribution is 2.15. The van der Waals surface area contributed by atoms with Gasteiger partial charge >= 0.3 is 0 Å². The second kappa shape index (κ2) is 6.14. The molecule has 1 atom stereocenters. The van der Waals surface area contributed by atoms with Gasteiger partial charge in [-0.25, -0.2) is 0 Å². The molecule has 1 saturated heterocycles. The summed E-state index contributed by atoms with van der Waals surface area (Å²) in [7, 11) is 2.13. The van der Waals surface area contributed by atoms with E-state index < -0.39 is 0 Å². The third-order valence-corrected chi connectivity index (χ3v) is 3.91. The van der Waals surface area contributed by atoms with Gasteiger partial charge in [0.1, 0.15) is 0 Å². The molecule has 102 valence electrons. The molecule has 0 radical (unpaired) electrons. The first-order valence-electron chi connectivity index (χ1n) is 6.64. The maximum atomic E-state index is 5.84. The summed E-state index contributed by atoms with van der Waals surface area (Å²) in [6.45, 7) is 13.4. The highest BCUT2D eigenvalue weighted by atomic mass is 16.5. The van der Waals surface area contributed by atoms with Crippen molar-refractivity contribution in [2.24, 2.45) is 5.73 Å². The number of hydrogen-bond acceptors (Lipinski definition) is 4. The van der Waals surface area contributed by atoms with Crippen LogP contribution in [0.2, 0.25) is 0 Å². The molecule has 0 aliphatic carbocycles. The Kier molecular flexibility index (Phi) is 5.38. The van der Waals surface area contributed by atoms with Gasteiger partial charge < -0.3 is 10.5 Å². The molecule has 0 bridgehead atoms. The Balaban J connectivity index is 2.46. The highest BCUT2D eigenvalue weighted by molar-refractivity contribution is 4.84. The minimum atomic E-state index is 0.0451. The average molecular weight is 243 g/mol. The third-order valence-electron chi connectivity index (χ3n) is 3.91. The molecule has 0 aromatic carbocycles. The van der Waals surface area contributed by atoms with E-state index in [1.54, 1.807) is 0 Å². The molecular weight excluding hydrogens is 214 g/mol. The van der Waals surface area contributed by atoms with E-state index in [0.29, 0.717) is 18.7 Å². The Labute approximate surface area is 106 Å². The van der Waals surface area contributed by atoms with E-state index in [2.05, 4.69) is 44.5 Å². The van der Waals surface area contributed by atoms with E-state index in [0.717, 1.165) is 26.2 Å². The highest BCUT2D eigenvalue weighted by Gasteiger charge is 2.28. The molecule has 0 aromatic rings. The molecule has 0 spiro atoms. The lowest BCUT2D eigenvalue weighted by molar-refractivity contribution is -0.0587. The number of nitrogens with two attached hydrogens (primary N) is 1. The fraction of sp³-hybridized carbons (Fsp3) is 1.00. The van der Waals surface area contributed by atoms with Crippen LogP contribution in [0.3, 0.4) is 0 Å². The van der Waals surface area contributed by atoms with Crippen molar-refractivity contribution in [1.29, 1.82) is 0 Å². The molecule has 1 heterocycles. The predicted octanol–water partition coefficient (Wildman–Crippen LogP) is 0.765. The predicted molar refractivity (Wildman–Crippen MR) is 72.2 cm³/mol. The van der Waals surface area contributed by atoms with E-state index >= 15 is 0 Å². The lowest BCUT2D eigenvalue weighted by atomic mass is 10.0. The minimum absolute atomic E-state index is 0.0451. The zero-order valence-corrected chi connectivity index (χ0v) is 12.1.